The number of methoxy groups -OCH3 is 1. The third-order valence-electron chi connectivity index (χ3n) is 4.22. The van der Waals surface area contributed by atoms with Crippen molar-refractivity contribution in [3.8, 4) is 5.75 Å². The number of benzene rings is 1. The number of ether oxygens (including phenoxy) is 2. The van der Waals surface area contributed by atoms with Crippen LogP contribution in [0.1, 0.15) is 18.2 Å². The van der Waals surface area contributed by atoms with Gasteiger partial charge in [-0.1, -0.05) is 0 Å². The van der Waals surface area contributed by atoms with Crippen LogP contribution in [0.5, 0.6) is 5.75 Å². The highest BCUT2D eigenvalue weighted by Gasteiger charge is 2.31. The van der Waals surface area contributed by atoms with Crippen molar-refractivity contribution in [2.24, 2.45) is 23.7 Å². The first-order valence-corrected chi connectivity index (χ1v) is 7.98. The second-order valence-electron chi connectivity index (χ2n) is 5.80. The lowest BCUT2D eigenvalue weighted by Gasteiger charge is -2.17. The maximum atomic E-state index is 6.00. The minimum atomic E-state index is 0. The monoisotopic (exact) mass is 457 g/mol. The lowest BCUT2D eigenvalue weighted by molar-refractivity contribution is 0.0859. The van der Waals surface area contributed by atoms with E-state index in [1.165, 1.54) is 0 Å². The van der Waals surface area contributed by atoms with Crippen LogP contribution in [0.2, 0.25) is 0 Å². The van der Waals surface area contributed by atoms with Crippen molar-refractivity contribution in [2.45, 2.75) is 12.5 Å². The number of nitrogens with one attached hydrogen (secondary N) is 1. The Hall–Kier alpha value is -1.81. The van der Waals surface area contributed by atoms with Gasteiger partial charge in [0.15, 0.2) is 5.96 Å². The zero-order chi connectivity index (χ0) is 16.9. The first-order valence-electron chi connectivity index (χ1n) is 7.98. The summed E-state index contributed by atoms with van der Waals surface area (Å²) in [5, 5.41) is 7.31. The van der Waals surface area contributed by atoms with Gasteiger partial charge >= 0.3 is 0 Å². The Labute approximate surface area is 164 Å². The van der Waals surface area contributed by atoms with Crippen molar-refractivity contribution < 1.29 is 9.47 Å². The smallest absolute Gasteiger partial charge is 0.193 e. The Balaban J connectivity index is 0.00000225. The van der Waals surface area contributed by atoms with E-state index in [1.54, 1.807) is 13.3 Å². The molecule has 8 heteroatoms. The molecular formula is C17H24IN5O2. The summed E-state index contributed by atoms with van der Waals surface area (Å²) in [7, 11) is 3.57. The van der Waals surface area contributed by atoms with Crippen molar-refractivity contribution >= 4 is 35.6 Å². The largest absolute Gasteiger partial charge is 0.497 e. The molecule has 0 amide bonds. The summed E-state index contributed by atoms with van der Waals surface area (Å²) in [6, 6.07) is 9.54. The van der Waals surface area contributed by atoms with Gasteiger partial charge in [-0.3, -0.25) is 9.67 Å². The van der Waals surface area contributed by atoms with Gasteiger partial charge in [-0.25, -0.2) is 0 Å². The molecule has 1 aromatic heterocycles. The van der Waals surface area contributed by atoms with E-state index in [9.17, 15) is 0 Å². The van der Waals surface area contributed by atoms with Crippen LogP contribution in [0.15, 0.2) is 41.5 Å². The minimum absolute atomic E-state index is 0. The lowest BCUT2D eigenvalue weighted by Crippen LogP contribution is -2.24. The molecule has 1 aromatic carbocycles. The number of nitrogens with zero attached hydrogens (tertiary/aromatic N) is 3. The number of aryl methyl sites for hydroxylation is 1. The number of guanidine groups is 1. The highest BCUT2D eigenvalue weighted by Crippen LogP contribution is 2.34. The van der Waals surface area contributed by atoms with Crippen molar-refractivity contribution in [3.63, 3.8) is 0 Å². The molecule has 7 nitrogen and oxygen atoms in total. The summed E-state index contributed by atoms with van der Waals surface area (Å²) in [6.07, 6.45) is 2.78. The average Bonchev–Trinajstić information content (AvgIpc) is 3.21. The zero-order valence-electron chi connectivity index (χ0n) is 14.4. The molecule has 1 aliphatic heterocycles. The number of aliphatic imine (C=N–C) groups is 1. The first-order chi connectivity index (χ1) is 11.7. The summed E-state index contributed by atoms with van der Waals surface area (Å²) in [5.74, 6) is 1.51. The molecule has 3 N–H and O–H groups in total. The molecule has 0 unspecified atom stereocenters. The number of rotatable bonds is 5. The van der Waals surface area contributed by atoms with Crippen LogP contribution in [0.3, 0.4) is 0 Å². The number of halogens is 1. The third-order valence-corrected chi connectivity index (χ3v) is 4.22. The normalized spacial score (nSPS) is 20.2. The Bertz CT molecular complexity index is 701. The number of nitrogens with two attached hydrogens (primary N) is 1. The van der Waals surface area contributed by atoms with Crippen molar-refractivity contribution in [1.82, 2.24) is 9.78 Å². The van der Waals surface area contributed by atoms with Gasteiger partial charge in [0, 0.05) is 38.0 Å². The molecule has 1 saturated heterocycles. The molecule has 1 fully saturated rings. The molecule has 0 spiro atoms. The van der Waals surface area contributed by atoms with Crippen LogP contribution in [0.4, 0.5) is 5.69 Å². The second-order valence-corrected chi connectivity index (χ2v) is 5.80. The van der Waals surface area contributed by atoms with Gasteiger partial charge in [0.1, 0.15) is 11.9 Å². The van der Waals surface area contributed by atoms with Gasteiger partial charge in [-0.2, -0.15) is 5.10 Å². The molecule has 1 aliphatic rings. The van der Waals surface area contributed by atoms with E-state index >= 15 is 0 Å². The summed E-state index contributed by atoms with van der Waals surface area (Å²) in [5.41, 5.74) is 7.95. The first kappa shape index (κ1) is 19.5. The van der Waals surface area contributed by atoms with Gasteiger partial charge in [0.05, 0.1) is 12.8 Å². The van der Waals surface area contributed by atoms with E-state index in [0.717, 1.165) is 30.2 Å². The molecule has 25 heavy (non-hydrogen) atoms. The molecule has 0 saturated carbocycles. The van der Waals surface area contributed by atoms with Gasteiger partial charge < -0.3 is 20.5 Å². The maximum Gasteiger partial charge on any atom is 0.193 e. The molecule has 0 radical (unpaired) electrons. The highest BCUT2D eigenvalue weighted by atomic mass is 127. The molecule has 136 valence electrons. The molecular weight excluding hydrogens is 433 g/mol. The second kappa shape index (κ2) is 9.04. The van der Waals surface area contributed by atoms with Crippen molar-refractivity contribution in [2.75, 3.05) is 25.6 Å². The SMILES string of the molecule is COc1ccc(NC(N)=NC[C@@H]2CCO[C@H]2c2ccnn2C)cc1.I. The van der Waals surface area contributed by atoms with E-state index in [0.29, 0.717) is 18.4 Å². The fraction of sp³-hybridized carbons (Fsp3) is 0.412. The topological polar surface area (TPSA) is 86.7 Å². The van der Waals surface area contributed by atoms with Crippen LogP contribution >= 0.6 is 24.0 Å². The number of anilines is 1. The van der Waals surface area contributed by atoms with Crippen LogP contribution in [-0.4, -0.2) is 36.0 Å². The fourth-order valence-electron chi connectivity index (χ4n) is 2.89. The molecule has 2 atom stereocenters. The predicted molar refractivity (Wildman–Crippen MR) is 109 cm³/mol. The van der Waals surface area contributed by atoms with Crippen molar-refractivity contribution in [1.29, 1.82) is 0 Å². The minimum Gasteiger partial charge on any atom is -0.497 e. The van der Waals surface area contributed by atoms with Crippen LogP contribution in [-0.2, 0) is 11.8 Å². The standard InChI is InChI=1S/C17H23N5O2.HI/c1-22-15(7-9-20-22)16-12(8-10-24-16)11-19-17(18)21-13-3-5-14(23-2)6-4-13;/h3-7,9,12,16H,8,10-11H2,1-2H3,(H3,18,19,21);1H/t12-,16+;/m0./s1. The number of aromatic nitrogens is 2. The number of hydrogen-bond donors (Lipinski definition) is 2. The molecule has 0 bridgehead atoms. The van der Waals surface area contributed by atoms with E-state index in [1.807, 2.05) is 42.1 Å². The molecule has 2 heterocycles. The zero-order valence-corrected chi connectivity index (χ0v) is 16.7. The van der Waals surface area contributed by atoms with Gasteiger partial charge in [0.2, 0.25) is 0 Å². The number of hydrogen-bond acceptors (Lipinski definition) is 4. The van der Waals surface area contributed by atoms with Gasteiger partial charge in [0.25, 0.3) is 0 Å². The predicted octanol–water partition coefficient (Wildman–Crippen LogP) is 2.55. The van der Waals surface area contributed by atoms with Crippen LogP contribution in [0.25, 0.3) is 0 Å². The average molecular weight is 457 g/mol. The van der Waals surface area contributed by atoms with E-state index in [-0.39, 0.29) is 30.1 Å². The highest BCUT2D eigenvalue weighted by molar-refractivity contribution is 14.0. The molecule has 3 rings (SSSR count). The fourth-order valence-corrected chi connectivity index (χ4v) is 2.89. The summed E-state index contributed by atoms with van der Waals surface area (Å²) < 4.78 is 12.9. The van der Waals surface area contributed by atoms with E-state index in [2.05, 4.69) is 15.4 Å². The van der Waals surface area contributed by atoms with E-state index in [4.69, 9.17) is 15.2 Å². The summed E-state index contributed by atoms with van der Waals surface area (Å²) in [4.78, 5) is 4.48. The molecule has 2 aromatic rings. The Morgan fingerprint density at radius 3 is 2.80 bits per heavy atom. The van der Waals surface area contributed by atoms with Gasteiger partial charge in [-0.05, 0) is 36.8 Å². The van der Waals surface area contributed by atoms with Crippen LogP contribution < -0.4 is 15.8 Å². The third kappa shape index (κ3) is 4.85. The van der Waals surface area contributed by atoms with Crippen molar-refractivity contribution in [3.05, 3.63) is 42.2 Å². The Morgan fingerprint density at radius 1 is 1.40 bits per heavy atom. The lowest BCUT2D eigenvalue weighted by atomic mass is 9.99. The summed E-state index contributed by atoms with van der Waals surface area (Å²) in [6.45, 7) is 1.35. The quantitative estimate of drug-likeness (QED) is 0.410. The Kier molecular flexibility index (Phi) is 7.06. The van der Waals surface area contributed by atoms with E-state index < -0.39 is 0 Å². The molecule has 0 aliphatic carbocycles. The maximum absolute atomic E-state index is 6.00. The summed E-state index contributed by atoms with van der Waals surface area (Å²) >= 11 is 0. The van der Waals surface area contributed by atoms with Gasteiger partial charge in [-0.15, -0.1) is 24.0 Å². The van der Waals surface area contributed by atoms with Crippen LogP contribution in [0, 0.1) is 5.92 Å². The Morgan fingerprint density at radius 2 is 2.16 bits per heavy atom.